The molecule has 7 nitrogen and oxygen atoms in total. The average molecular weight is 275 g/mol. The predicted octanol–water partition coefficient (Wildman–Crippen LogP) is 1.41. The molecule has 2 rings (SSSR count). The van der Waals surface area contributed by atoms with Gasteiger partial charge in [0.15, 0.2) is 5.69 Å². The van der Waals surface area contributed by atoms with E-state index in [9.17, 15) is 14.7 Å². The molecule has 0 aliphatic rings. The number of anilines is 1. The van der Waals surface area contributed by atoms with Crippen LogP contribution in [0.1, 0.15) is 23.2 Å². The van der Waals surface area contributed by atoms with E-state index < -0.39 is 5.91 Å². The van der Waals surface area contributed by atoms with Crippen molar-refractivity contribution in [3.63, 3.8) is 0 Å². The molecule has 0 saturated carbocycles. The van der Waals surface area contributed by atoms with E-state index in [0.717, 1.165) is 0 Å². The van der Waals surface area contributed by atoms with Gasteiger partial charge in [-0.05, 0) is 25.1 Å². The summed E-state index contributed by atoms with van der Waals surface area (Å²) in [6, 6.07) is 4.42. The minimum absolute atomic E-state index is 0.00401. The maximum atomic E-state index is 11.1. The van der Waals surface area contributed by atoms with Crippen molar-refractivity contribution in [1.82, 2.24) is 4.98 Å². The number of amides is 2. The molecule has 1 aromatic carbocycles. The highest BCUT2D eigenvalue weighted by atomic mass is 16.4. The van der Waals surface area contributed by atoms with E-state index in [4.69, 9.17) is 10.2 Å². The Morgan fingerprint density at radius 2 is 2.10 bits per heavy atom. The zero-order valence-electron chi connectivity index (χ0n) is 10.9. The highest BCUT2D eigenvalue weighted by molar-refractivity contribution is 5.92. The third kappa shape index (κ3) is 2.61. The van der Waals surface area contributed by atoms with Gasteiger partial charge in [0.2, 0.25) is 11.8 Å². The summed E-state index contributed by atoms with van der Waals surface area (Å²) in [6.07, 6.45) is 0. The molecule has 20 heavy (non-hydrogen) atoms. The first-order valence-electron chi connectivity index (χ1n) is 5.76. The van der Waals surface area contributed by atoms with Gasteiger partial charge >= 0.3 is 0 Å². The summed E-state index contributed by atoms with van der Waals surface area (Å²) in [4.78, 5) is 26.1. The molecular formula is C13H13N3O4. The lowest BCUT2D eigenvalue weighted by Gasteiger charge is -2.05. The molecule has 0 fully saturated rings. The summed E-state index contributed by atoms with van der Waals surface area (Å²) in [5.74, 6) is -0.729. The number of nitrogens with zero attached hydrogens (tertiary/aromatic N) is 1. The second-order valence-corrected chi connectivity index (χ2v) is 4.20. The van der Waals surface area contributed by atoms with E-state index in [2.05, 4.69) is 10.3 Å². The fourth-order valence-electron chi connectivity index (χ4n) is 1.73. The number of phenolic OH excluding ortho intramolecular Hbond substituents is 1. The smallest absolute Gasteiger partial charge is 0.270 e. The van der Waals surface area contributed by atoms with Gasteiger partial charge in [0.1, 0.15) is 11.5 Å². The van der Waals surface area contributed by atoms with E-state index in [1.54, 1.807) is 6.92 Å². The zero-order valence-corrected chi connectivity index (χ0v) is 10.9. The van der Waals surface area contributed by atoms with Crippen LogP contribution in [-0.2, 0) is 4.79 Å². The molecule has 0 atom stereocenters. The summed E-state index contributed by atoms with van der Waals surface area (Å²) in [7, 11) is 0. The Morgan fingerprint density at radius 3 is 2.65 bits per heavy atom. The number of phenols is 1. The first-order chi connectivity index (χ1) is 9.38. The third-order valence-corrected chi connectivity index (χ3v) is 2.58. The lowest BCUT2D eigenvalue weighted by atomic mass is 10.1. The molecule has 1 aromatic heterocycles. The van der Waals surface area contributed by atoms with E-state index in [0.29, 0.717) is 5.69 Å². The van der Waals surface area contributed by atoms with Crippen molar-refractivity contribution in [2.75, 3.05) is 5.32 Å². The second-order valence-electron chi connectivity index (χ2n) is 4.20. The van der Waals surface area contributed by atoms with Crippen LogP contribution in [0.3, 0.4) is 0 Å². The molecule has 1 heterocycles. The van der Waals surface area contributed by atoms with Crippen LogP contribution in [0.25, 0.3) is 11.5 Å². The molecule has 0 bridgehead atoms. The fourth-order valence-corrected chi connectivity index (χ4v) is 1.73. The second kappa shape index (κ2) is 5.04. The van der Waals surface area contributed by atoms with Gasteiger partial charge in [-0.15, -0.1) is 0 Å². The van der Waals surface area contributed by atoms with Gasteiger partial charge in [-0.2, -0.15) is 0 Å². The minimum Gasteiger partial charge on any atom is -0.507 e. The van der Waals surface area contributed by atoms with Crippen LogP contribution in [0, 0.1) is 6.92 Å². The molecule has 0 aliphatic heterocycles. The lowest BCUT2D eigenvalue weighted by molar-refractivity contribution is -0.114. The normalized spacial score (nSPS) is 10.3. The first kappa shape index (κ1) is 13.6. The number of nitrogens with one attached hydrogen (secondary N) is 1. The van der Waals surface area contributed by atoms with Gasteiger partial charge < -0.3 is 20.6 Å². The van der Waals surface area contributed by atoms with Crippen molar-refractivity contribution in [2.45, 2.75) is 13.8 Å². The number of nitrogens with two attached hydrogens (primary N) is 1. The number of carbonyl (C=O) groups excluding carboxylic acids is 2. The largest absolute Gasteiger partial charge is 0.507 e. The number of rotatable bonds is 3. The van der Waals surface area contributed by atoms with Crippen molar-refractivity contribution in [3.8, 4) is 17.2 Å². The molecule has 0 saturated heterocycles. The van der Waals surface area contributed by atoms with E-state index in [1.165, 1.54) is 25.1 Å². The quantitative estimate of drug-likeness (QED) is 0.732. The summed E-state index contributed by atoms with van der Waals surface area (Å²) in [5.41, 5.74) is 5.89. The van der Waals surface area contributed by atoms with Crippen molar-refractivity contribution < 1.29 is 19.1 Å². The van der Waals surface area contributed by atoms with Crippen molar-refractivity contribution in [3.05, 3.63) is 29.7 Å². The predicted molar refractivity (Wildman–Crippen MR) is 71.2 cm³/mol. The van der Waals surface area contributed by atoms with Gasteiger partial charge in [0, 0.05) is 12.6 Å². The number of aryl methyl sites for hydroxylation is 1. The Balaban J connectivity index is 2.48. The van der Waals surface area contributed by atoms with Crippen molar-refractivity contribution in [1.29, 1.82) is 0 Å². The third-order valence-electron chi connectivity index (χ3n) is 2.58. The SMILES string of the molecule is CC(=O)Nc1ccc(O)c(-c2nc(C(N)=O)c(C)o2)c1. The monoisotopic (exact) mass is 275 g/mol. The molecule has 4 N–H and O–H groups in total. The van der Waals surface area contributed by atoms with Gasteiger partial charge in [-0.3, -0.25) is 9.59 Å². The van der Waals surface area contributed by atoms with E-state index in [-0.39, 0.29) is 34.6 Å². The number of oxazole rings is 1. The van der Waals surface area contributed by atoms with Gasteiger partial charge in [0.25, 0.3) is 5.91 Å². The zero-order chi connectivity index (χ0) is 14.9. The number of hydrogen-bond acceptors (Lipinski definition) is 5. The summed E-state index contributed by atoms with van der Waals surface area (Å²) in [6.45, 7) is 2.92. The van der Waals surface area contributed by atoms with Crippen LogP contribution in [0.5, 0.6) is 5.75 Å². The Kier molecular flexibility index (Phi) is 3.43. The molecule has 0 spiro atoms. The molecule has 104 valence electrons. The standard InChI is InChI=1S/C13H13N3O4/c1-6-11(12(14)19)16-13(20-6)9-5-8(15-7(2)17)3-4-10(9)18/h3-5,18H,1-2H3,(H2,14,19)(H,15,17). The van der Waals surface area contributed by atoms with Crippen LogP contribution in [0.2, 0.25) is 0 Å². The van der Waals surface area contributed by atoms with Crippen LogP contribution in [-0.4, -0.2) is 21.9 Å². The number of benzene rings is 1. The van der Waals surface area contributed by atoms with Gasteiger partial charge in [-0.25, -0.2) is 4.98 Å². The highest BCUT2D eigenvalue weighted by Crippen LogP contribution is 2.32. The molecule has 2 amide bonds. The Bertz CT molecular complexity index is 691. The Labute approximate surface area is 114 Å². The molecule has 7 heteroatoms. The van der Waals surface area contributed by atoms with Crippen molar-refractivity contribution in [2.24, 2.45) is 5.73 Å². The molecule has 0 aliphatic carbocycles. The molecule has 2 aromatic rings. The molecule has 0 radical (unpaired) electrons. The maximum absolute atomic E-state index is 11.1. The number of aromatic nitrogens is 1. The first-order valence-corrected chi connectivity index (χ1v) is 5.76. The van der Waals surface area contributed by atoms with Gasteiger partial charge in [-0.1, -0.05) is 0 Å². The highest BCUT2D eigenvalue weighted by Gasteiger charge is 2.18. The molecular weight excluding hydrogens is 262 g/mol. The van der Waals surface area contributed by atoms with E-state index in [1.807, 2.05) is 0 Å². The van der Waals surface area contributed by atoms with Crippen molar-refractivity contribution >= 4 is 17.5 Å². The fraction of sp³-hybridized carbons (Fsp3) is 0.154. The number of carbonyl (C=O) groups is 2. The Morgan fingerprint density at radius 1 is 1.40 bits per heavy atom. The van der Waals surface area contributed by atoms with Crippen LogP contribution < -0.4 is 11.1 Å². The van der Waals surface area contributed by atoms with Crippen LogP contribution in [0.4, 0.5) is 5.69 Å². The van der Waals surface area contributed by atoms with E-state index >= 15 is 0 Å². The van der Waals surface area contributed by atoms with Gasteiger partial charge in [0.05, 0.1) is 5.56 Å². The maximum Gasteiger partial charge on any atom is 0.270 e. The molecule has 0 unspecified atom stereocenters. The summed E-state index contributed by atoms with van der Waals surface area (Å²) < 4.78 is 5.32. The number of primary amides is 1. The summed E-state index contributed by atoms with van der Waals surface area (Å²) >= 11 is 0. The number of aromatic hydroxyl groups is 1. The number of hydrogen-bond donors (Lipinski definition) is 3. The topological polar surface area (TPSA) is 118 Å². The van der Waals surface area contributed by atoms with Crippen LogP contribution >= 0.6 is 0 Å². The van der Waals surface area contributed by atoms with Crippen LogP contribution in [0.15, 0.2) is 22.6 Å². The lowest BCUT2D eigenvalue weighted by Crippen LogP contribution is -2.12. The Hall–Kier alpha value is -2.83. The average Bonchev–Trinajstić information content (AvgIpc) is 2.73. The minimum atomic E-state index is -0.713. The summed E-state index contributed by atoms with van der Waals surface area (Å²) in [5, 5.41) is 12.4.